The van der Waals surface area contributed by atoms with Gasteiger partial charge < -0.3 is 15.1 Å². The maximum absolute atomic E-state index is 12.6. The number of nitrogens with one attached hydrogen (secondary N) is 2. The molecule has 1 unspecified atom stereocenters. The van der Waals surface area contributed by atoms with Crippen LogP contribution in [0.25, 0.3) is 0 Å². The Kier molecular flexibility index (Phi) is 5.03. The molecule has 8 heteroatoms. The quantitative estimate of drug-likeness (QED) is 0.754. The highest BCUT2D eigenvalue weighted by Gasteiger charge is 2.43. The number of hydrogen-bond donors (Lipinski definition) is 2. The Morgan fingerprint density at radius 1 is 1.42 bits per heavy atom. The van der Waals surface area contributed by atoms with Crippen molar-refractivity contribution in [3.05, 3.63) is 36.0 Å². The van der Waals surface area contributed by atoms with E-state index in [4.69, 9.17) is 4.42 Å². The van der Waals surface area contributed by atoms with Crippen molar-refractivity contribution in [1.82, 2.24) is 30.5 Å². The van der Waals surface area contributed by atoms with E-state index in [0.717, 1.165) is 50.5 Å². The highest BCUT2D eigenvalue weighted by molar-refractivity contribution is 5.79. The molecule has 5 heterocycles. The van der Waals surface area contributed by atoms with Crippen LogP contribution in [0.2, 0.25) is 0 Å². The van der Waals surface area contributed by atoms with E-state index in [1.807, 2.05) is 30.1 Å². The van der Waals surface area contributed by atoms with E-state index in [1.165, 1.54) is 0 Å². The zero-order valence-electron chi connectivity index (χ0n) is 15.1. The third-order valence-electron chi connectivity index (χ3n) is 5.57. The molecule has 2 aromatic heterocycles. The lowest BCUT2D eigenvalue weighted by Crippen LogP contribution is -2.57. The SMILES string of the molecule is CNCc1cn(C[C@H]2C[C@H]3CCN2C[C@@H]3C(=O)NCc2ccco2)nn1. The van der Waals surface area contributed by atoms with Crippen LogP contribution >= 0.6 is 0 Å². The molecule has 3 saturated heterocycles. The number of rotatable bonds is 7. The maximum atomic E-state index is 12.6. The van der Waals surface area contributed by atoms with Crippen LogP contribution < -0.4 is 10.6 Å². The number of carbonyl (C=O) groups excluding carboxylic acids is 1. The summed E-state index contributed by atoms with van der Waals surface area (Å²) in [5, 5.41) is 14.5. The molecular weight excluding hydrogens is 332 g/mol. The van der Waals surface area contributed by atoms with Crippen molar-refractivity contribution in [3.8, 4) is 0 Å². The zero-order chi connectivity index (χ0) is 17.9. The Labute approximate surface area is 152 Å². The summed E-state index contributed by atoms with van der Waals surface area (Å²) >= 11 is 0. The summed E-state index contributed by atoms with van der Waals surface area (Å²) in [6, 6.07) is 4.16. The fraction of sp³-hybridized carbons (Fsp3) is 0.611. The molecule has 5 rings (SSSR count). The van der Waals surface area contributed by atoms with Gasteiger partial charge in [-0.2, -0.15) is 0 Å². The van der Waals surface area contributed by atoms with Crippen LogP contribution in [0.1, 0.15) is 24.3 Å². The van der Waals surface area contributed by atoms with E-state index in [0.29, 0.717) is 18.5 Å². The molecule has 2 aromatic rings. The van der Waals surface area contributed by atoms with Gasteiger partial charge in [-0.3, -0.25) is 14.4 Å². The summed E-state index contributed by atoms with van der Waals surface area (Å²) in [6.07, 6.45) is 5.78. The van der Waals surface area contributed by atoms with Crippen molar-refractivity contribution >= 4 is 5.91 Å². The van der Waals surface area contributed by atoms with Gasteiger partial charge in [0.25, 0.3) is 0 Å². The fourth-order valence-electron chi connectivity index (χ4n) is 4.25. The maximum Gasteiger partial charge on any atom is 0.225 e. The summed E-state index contributed by atoms with van der Waals surface area (Å²) < 4.78 is 7.23. The molecule has 2 N–H and O–H groups in total. The van der Waals surface area contributed by atoms with Gasteiger partial charge in [0, 0.05) is 25.3 Å². The lowest BCUT2D eigenvalue weighted by molar-refractivity contribution is -0.133. The third kappa shape index (κ3) is 3.66. The van der Waals surface area contributed by atoms with E-state index in [9.17, 15) is 4.79 Å². The first kappa shape index (κ1) is 17.2. The normalized spacial score (nSPS) is 27.6. The van der Waals surface area contributed by atoms with Crippen molar-refractivity contribution in [2.75, 3.05) is 20.1 Å². The topological polar surface area (TPSA) is 88.2 Å². The largest absolute Gasteiger partial charge is 0.467 e. The van der Waals surface area contributed by atoms with E-state index in [2.05, 4.69) is 25.8 Å². The van der Waals surface area contributed by atoms with Gasteiger partial charge in [-0.1, -0.05) is 5.21 Å². The molecule has 3 aliphatic rings. The Morgan fingerprint density at radius 3 is 3.08 bits per heavy atom. The Morgan fingerprint density at radius 2 is 2.35 bits per heavy atom. The number of amides is 1. The highest BCUT2D eigenvalue weighted by Crippen LogP contribution is 2.36. The average Bonchev–Trinajstić information content (AvgIpc) is 3.33. The molecule has 2 bridgehead atoms. The summed E-state index contributed by atoms with van der Waals surface area (Å²) in [4.78, 5) is 15.1. The van der Waals surface area contributed by atoms with Gasteiger partial charge in [-0.25, -0.2) is 0 Å². The van der Waals surface area contributed by atoms with Crippen LogP contribution in [0.15, 0.2) is 29.0 Å². The molecule has 3 fully saturated rings. The fourth-order valence-corrected chi connectivity index (χ4v) is 4.25. The molecule has 4 atom stereocenters. The van der Waals surface area contributed by atoms with Gasteiger partial charge in [0.1, 0.15) is 5.76 Å². The molecule has 26 heavy (non-hydrogen) atoms. The third-order valence-corrected chi connectivity index (χ3v) is 5.57. The second-order valence-electron chi connectivity index (χ2n) is 7.30. The molecule has 3 aliphatic heterocycles. The first-order valence-electron chi connectivity index (χ1n) is 9.30. The Hall–Kier alpha value is -2.19. The molecule has 0 saturated carbocycles. The van der Waals surface area contributed by atoms with Crippen LogP contribution in [0, 0.1) is 11.8 Å². The van der Waals surface area contributed by atoms with Crippen LogP contribution in [0.3, 0.4) is 0 Å². The summed E-state index contributed by atoms with van der Waals surface area (Å²) in [5.41, 5.74) is 0.957. The number of aromatic nitrogens is 3. The van der Waals surface area contributed by atoms with Gasteiger partial charge in [0.05, 0.1) is 31.0 Å². The van der Waals surface area contributed by atoms with E-state index in [-0.39, 0.29) is 11.8 Å². The monoisotopic (exact) mass is 358 g/mol. The van der Waals surface area contributed by atoms with E-state index < -0.39 is 0 Å². The highest BCUT2D eigenvalue weighted by atomic mass is 16.3. The van der Waals surface area contributed by atoms with Gasteiger partial charge in [-0.15, -0.1) is 5.10 Å². The Bertz CT molecular complexity index is 728. The van der Waals surface area contributed by atoms with Crippen LogP contribution in [0.4, 0.5) is 0 Å². The molecule has 0 aliphatic carbocycles. The van der Waals surface area contributed by atoms with Crippen LogP contribution in [0.5, 0.6) is 0 Å². The molecular formula is C18H26N6O2. The number of hydrogen-bond acceptors (Lipinski definition) is 6. The van der Waals surface area contributed by atoms with E-state index in [1.54, 1.807) is 6.26 Å². The minimum absolute atomic E-state index is 0.0746. The first-order chi connectivity index (χ1) is 12.7. The Balaban J connectivity index is 1.32. The van der Waals surface area contributed by atoms with Gasteiger partial charge in [-0.05, 0) is 44.5 Å². The summed E-state index contributed by atoms with van der Waals surface area (Å²) in [5.74, 6) is 1.46. The molecule has 0 radical (unpaired) electrons. The lowest BCUT2D eigenvalue weighted by Gasteiger charge is -2.49. The summed E-state index contributed by atoms with van der Waals surface area (Å²) in [7, 11) is 1.90. The number of fused-ring (bicyclic) bond motifs is 3. The smallest absolute Gasteiger partial charge is 0.225 e. The molecule has 0 aromatic carbocycles. The lowest BCUT2D eigenvalue weighted by atomic mass is 9.75. The van der Waals surface area contributed by atoms with Gasteiger partial charge in [0.2, 0.25) is 5.91 Å². The number of carbonyl (C=O) groups is 1. The number of nitrogens with zero attached hydrogens (tertiary/aromatic N) is 4. The van der Waals surface area contributed by atoms with Crippen molar-refractivity contribution in [2.45, 2.75) is 38.5 Å². The summed E-state index contributed by atoms with van der Waals surface area (Å²) in [6.45, 7) is 3.93. The zero-order valence-corrected chi connectivity index (χ0v) is 15.1. The van der Waals surface area contributed by atoms with Gasteiger partial charge >= 0.3 is 0 Å². The molecule has 0 spiro atoms. The minimum atomic E-state index is 0.0746. The second kappa shape index (κ2) is 7.59. The van der Waals surface area contributed by atoms with E-state index >= 15 is 0 Å². The van der Waals surface area contributed by atoms with Gasteiger partial charge in [0.15, 0.2) is 0 Å². The first-order valence-corrected chi connectivity index (χ1v) is 9.30. The van der Waals surface area contributed by atoms with Crippen molar-refractivity contribution in [2.24, 2.45) is 11.8 Å². The minimum Gasteiger partial charge on any atom is -0.467 e. The molecule has 140 valence electrons. The van der Waals surface area contributed by atoms with Crippen LogP contribution in [-0.4, -0.2) is 52.0 Å². The molecule has 8 nitrogen and oxygen atoms in total. The van der Waals surface area contributed by atoms with Crippen molar-refractivity contribution < 1.29 is 9.21 Å². The predicted octanol–water partition coefficient (Wildman–Crippen LogP) is 0.617. The molecule has 1 amide bonds. The van der Waals surface area contributed by atoms with Crippen molar-refractivity contribution in [3.63, 3.8) is 0 Å². The predicted molar refractivity (Wildman–Crippen MR) is 94.9 cm³/mol. The number of piperidine rings is 3. The number of furan rings is 1. The second-order valence-corrected chi connectivity index (χ2v) is 7.30. The average molecular weight is 358 g/mol. The van der Waals surface area contributed by atoms with Crippen molar-refractivity contribution in [1.29, 1.82) is 0 Å². The van der Waals surface area contributed by atoms with Crippen LogP contribution in [-0.2, 0) is 24.4 Å². The standard InChI is InChI=1S/C18H26N6O2/c1-19-8-14-10-24(22-21-14)11-15-7-13-4-5-23(15)12-17(13)18(25)20-9-16-3-2-6-26-16/h2-3,6,10,13,15,17,19H,4-5,7-9,11-12H2,1H3,(H,20,25)/t13-,15-,17+/m1/s1.